The predicted molar refractivity (Wildman–Crippen MR) is 465 cm³/mol. The summed E-state index contributed by atoms with van der Waals surface area (Å²) in [5, 5.41) is 57.7. The molecule has 128 heavy (non-hydrogen) atoms. The molecule has 0 saturated carbocycles. The topological polar surface area (TPSA) is 640 Å². The van der Waals surface area contributed by atoms with Crippen molar-refractivity contribution in [2.75, 3.05) is 71.4 Å². The summed E-state index contributed by atoms with van der Waals surface area (Å²) in [6, 6.07) is -2.24. The summed E-state index contributed by atoms with van der Waals surface area (Å²) in [4.78, 5) is 271. The molecule has 9 rings (SSSR count). The monoisotopic (exact) mass is 1800 g/mol. The van der Waals surface area contributed by atoms with Crippen molar-refractivity contribution in [1.29, 1.82) is 0 Å². The Kier molecular flexibility index (Phi) is 36.5. The van der Waals surface area contributed by atoms with E-state index >= 15 is 24.0 Å². The summed E-state index contributed by atoms with van der Waals surface area (Å²) in [6.07, 6.45) is 2.14. The minimum atomic E-state index is -1.94. The van der Waals surface area contributed by atoms with Gasteiger partial charge in [-0.15, -0.1) is 11.8 Å². The van der Waals surface area contributed by atoms with Gasteiger partial charge in [0.25, 0.3) is 0 Å². The Morgan fingerprint density at radius 2 is 0.875 bits per heavy atom. The van der Waals surface area contributed by atoms with Crippen molar-refractivity contribution < 1.29 is 102 Å². The number of H-pyrrole nitrogens is 2. The van der Waals surface area contributed by atoms with E-state index in [9.17, 15) is 77.6 Å². The lowest BCUT2D eigenvalue weighted by molar-refractivity contribution is -0.149. The highest BCUT2D eigenvalue weighted by molar-refractivity contribution is 8.00. The lowest BCUT2D eigenvalue weighted by Crippen LogP contribution is -2.62. The molecule has 0 radical (unpaired) electrons. The van der Waals surface area contributed by atoms with Gasteiger partial charge in [0, 0.05) is 106 Å². The van der Waals surface area contributed by atoms with Crippen LogP contribution in [0.2, 0.25) is 0 Å². The van der Waals surface area contributed by atoms with Crippen LogP contribution in [0.4, 0.5) is 0 Å². The predicted octanol–water partition coefficient (Wildman–Crippen LogP) is -3.68. The number of carboxylic acid groups (broad SMARTS) is 2. The number of thioether (sulfide) groups is 1. The molecule has 4 aliphatic heterocycles. The number of aliphatic carboxylic acids is 2. The number of unbranched alkanes of at least 4 members (excludes halogenated alkanes) is 2. The number of rotatable bonds is 23. The smallest absolute Gasteiger partial charge is 0.305 e. The molecule has 0 spiro atoms. The molecule has 694 valence electrons. The van der Waals surface area contributed by atoms with E-state index in [-0.39, 0.29) is 109 Å². The molecule has 4 saturated heterocycles. The number of fused-ring (bicyclic) bond motifs is 5. The molecule has 14 atom stereocenters. The number of aromatic amines is 2. The summed E-state index contributed by atoms with van der Waals surface area (Å²) in [6.45, 7) is 0.983. The fourth-order valence-corrected chi connectivity index (χ4v) is 17.2. The summed E-state index contributed by atoms with van der Waals surface area (Å²) >= 11 is 0.761. The zero-order valence-electron chi connectivity index (χ0n) is 71.9. The van der Waals surface area contributed by atoms with Crippen LogP contribution in [0, 0.1) is 0 Å². The zero-order chi connectivity index (χ0) is 93.2. The highest BCUT2D eigenvalue weighted by Gasteiger charge is 2.47. The van der Waals surface area contributed by atoms with E-state index in [0.717, 1.165) is 31.4 Å². The van der Waals surface area contributed by atoms with Gasteiger partial charge >= 0.3 is 11.9 Å². The van der Waals surface area contributed by atoms with Crippen molar-refractivity contribution >= 4 is 140 Å². The number of aromatic hydroxyl groups is 1. The van der Waals surface area contributed by atoms with Crippen LogP contribution >= 0.6 is 11.8 Å². The van der Waals surface area contributed by atoms with Crippen LogP contribution in [0.15, 0.2) is 85.2 Å². The second-order valence-electron chi connectivity index (χ2n) is 32.3. The normalized spacial score (nSPS) is 25.3. The number of amides is 16. The van der Waals surface area contributed by atoms with Gasteiger partial charge < -0.3 is 126 Å². The lowest BCUT2D eigenvalue weighted by atomic mass is 10.00. The third kappa shape index (κ3) is 26.2. The average molecular weight is 1800 g/mol. The highest BCUT2D eigenvalue weighted by Crippen LogP contribution is 2.28. The van der Waals surface area contributed by atoms with Gasteiger partial charge in [-0.25, -0.2) is 0 Å². The molecule has 43 heteroatoms. The molecule has 6 heterocycles. The van der Waals surface area contributed by atoms with Gasteiger partial charge in [-0.2, -0.15) is 0 Å². The minimum Gasteiger partial charge on any atom is -0.508 e. The average Bonchev–Trinajstić information content (AvgIpc) is 1.57. The number of para-hydroxylation sites is 2. The molecule has 4 fully saturated rings. The number of carboxylic acids is 2. The first-order valence-electron chi connectivity index (χ1n) is 42.9. The summed E-state index contributed by atoms with van der Waals surface area (Å²) in [5.41, 5.74) is 26.7. The van der Waals surface area contributed by atoms with Crippen LogP contribution < -0.4 is 76.1 Å². The maximum Gasteiger partial charge on any atom is 0.305 e. The Hall–Kier alpha value is -12.8. The van der Waals surface area contributed by atoms with Crippen molar-refractivity contribution in [2.45, 2.75) is 214 Å². The summed E-state index contributed by atoms with van der Waals surface area (Å²) in [5.74, 6) is -19.5. The van der Waals surface area contributed by atoms with Crippen molar-refractivity contribution in [2.24, 2.45) is 22.9 Å². The van der Waals surface area contributed by atoms with Crippen LogP contribution in [0.3, 0.4) is 0 Å². The van der Waals surface area contributed by atoms with Crippen LogP contribution in [0.25, 0.3) is 21.8 Å². The maximum absolute atomic E-state index is 15.7. The Balaban J connectivity index is 1.07. The number of primary amides is 1. The van der Waals surface area contributed by atoms with Gasteiger partial charge in [0.15, 0.2) is 0 Å². The fraction of sp³-hybridized carbons (Fsp3) is 0.529. The molecule has 23 N–H and O–H groups in total. The Morgan fingerprint density at radius 3 is 1.37 bits per heavy atom. The first-order valence-corrected chi connectivity index (χ1v) is 44.1. The van der Waals surface area contributed by atoms with Crippen molar-refractivity contribution in [3.05, 3.63) is 102 Å². The number of phenolic OH excluding ortho intramolecular Hbond substituents is 1. The number of nitrogens with one attached hydrogen (secondary N) is 12. The first-order chi connectivity index (χ1) is 61.2. The maximum atomic E-state index is 15.7. The Morgan fingerprint density at radius 1 is 0.461 bits per heavy atom. The van der Waals surface area contributed by atoms with Gasteiger partial charge in [-0.3, -0.25) is 86.3 Å². The standard InChI is InChI=1S/C85H117N21O21S/c1-5-7-20-63-77(119)99-61(40-88)76(118)101-62(72(114)92-43-68(89)108)44-128-45-69(109)93-56(34-46-25-27-49(107)28-26-46)82(124)104-31-14-23-65(104)79(121)98-59(38-71(112)113)84(126)106-33-15-24-66(106)80(122)100-60(39-87)75(117)97-58(37-70(110)111)83(125)105-32-13-22-64(105)78(120)95-55(35-47-41-90-52-18-11-9-16-50(47)52)74(116)94-54(29-30-86)73(115)96-57(36-48-42-91-53-19-12-10-17-51(48)53)81(123)103(4)67(21-8-6-2)85(127)102(63)3/h9-12,16-19,25-28,41-42,54-67,90-91,107H,5-8,13-15,20-24,29-40,43-45,86-88H2,1-4H3,(H2,89,108)(H,92,114)(H,93,109)(H,94,116)(H,95,120)(H,96,115)(H,97,117)(H,98,121)(H,99,119)(H,100,122)(H,101,118)(H,110,111)(H,112,113)/t54-,55+,56-,57-,58-,59+,60+,61-,62+,63+,64?,65?,66-,67+/m0/s1. The van der Waals surface area contributed by atoms with Gasteiger partial charge in [0.2, 0.25) is 94.5 Å². The molecule has 16 amide bonds. The summed E-state index contributed by atoms with van der Waals surface area (Å²) < 4.78 is 0. The van der Waals surface area contributed by atoms with E-state index in [2.05, 4.69) is 63.1 Å². The second-order valence-corrected chi connectivity index (χ2v) is 33.4. The molecular formula is C85H117N21O21S. The number of carbonyl (C=O) groups excluding carboxylic acids is 16. The van der Waals surface area contributed by atoms with E-state index in [1.807, 2.05) is 13.8 Å². The van der Waals surface area contributed by atoms with Crippen molar-refractivity contribution in [3.63, 3.8) is 0 Å². The molecule has 2 aromatic heterocycles. The van der Waals surface area contributed by atoms with E-state index in [1.165, 1.54) is 43.3 Å². The van der Waals surface area contributed by atoms with Crippen molar-refractivity contribution in [1.82, 2.24) is 87.6 Å². The third-order valence-corrected chi connectivity index (χ3v) is 24.3. The number of hydrogen-bond donors (Lipinski definition) is 19. The van der Waals surface area contributed by atoms with Gasteiger partial charge in [0.05, 0.1) is 25.1 Å². The second kappa shape index (κ2) is 47.2. The van der Waals surface area contributed by atoms with Gasteiger partial charge in [-0.05, 0) is 105 Å². The number of nitrogens with two attached hydrogens (primary N) is 4. The highest BCUT2D eigenvalue weighted by atomic mass is 32.2. The molecule has 0 aliphatic carbocycles. The van der Waals surface area contributed by atoms with Crippen LogP contribution in [0.5, 0.6) is 5.75 Å². The zero-order valence-corrected chi connectivity index (χ0v) is 72.7. The summed E-state index contributed by atoms with van der Waals surface area (Å²) in [7, 11) is 2.71. The van der Waals surface area contributed by atoms with Gasteiger partial charge in [-0.1, -0.05) is 88.1 Å². The molecule has 5 aromatic rings. The molecule has 2 unspecified atom stereocenters. The van der Waals surface area contributed by atoms with Gasteiger partial charge in [0.1, 0.15) is 90.3 Å². The Bertz CT molecular complexity index is 4870. The first kappa shape index (κ1) is 99.0. The number of aromatic nitrogens is 2. The van der Waals surface area contributed by atoms with E-state index in [1.54, 1.807) is 60.9 Å². The largest absolute Gasteiger partial charge is 0.508 e. The molecule has 0 bridgehead atoms. The van der Waals surface area contributed by atoms with Crippen LogP contribution in [-0.4, -0.2) is 312 Å². The fourth-order valence-electron chi connectivity index (χ4n) is 16.4. The van der Waals surface area contributed by atoms with Crippen molar-refractivity contribution in [3.8, 4) is 5.75 Å². The lowest BCUT2D eigenvalue weighted by Gasteiger charge is -2.36. The molecule has 4 aliphatic rings. The molecule has 42 nitrogen and oxygen atoms in total. The molecular weight excluding hydrogens is 1680 g/mol. The number of hydrogen-bond acceptors (Lipinski definition) is 23. The number of phenols is 1. The quantitative estimate of drug-likeness (QED) is 0.0299. The number of benzene rings is 3. The van der Waals surface area contributed by atoms with Crippen LogP contribution in [-0.2, 0) is 106 Å². The van der Waals surface area contributed by atoms with E-state index in [4.69, 9.17) is 22.9 Å². The number of nitrogens with zero attached hydrogens (tertiary/aromatic N) is 5. The SMILES string of the molecule is CCCC[C@@H]1C(=O)N(C)[C@H](CCCC)C(=O)N[C@@H](CN)C(=O)N[C@@H](C(=O)NCC(N)=O)CSCC(=O)N[C@@H](Cc2ccc(O)cc2)C(=O)N2CCCC2C(=O)N[C@H](CC(=O)O)C(=O)N2CCC[C@H]2C(=O)N[C@H](CN)C(=O)N[C@@H](CC(=O)O)C(=O)N2CCCC2C(=O)N[C@H](Cc2c[nH]c3ccccc23)C(=O)N[C@@H](CCN)C(=O)N[C@@H](Cc2c[nH]c3ccccc23)C(=O)N1C. The minimum absolute atomic E-state index is 0.00190. The van der Waals surface area contributed by atoms with Crippen LogP contribution in [0.1, 0.15) is 127 Å². The van der Waals surface area contributed by atoms with E-state index < -0.39 is 235 Å². The number of carbonyl (C=O) groups is 18. The van der Waals surface area contributed by atoms with E-state index in [0.29, 0.717) is 64.2 Å². The molecule has 3 aromatic carbocycles. The number of likely N-dealkylation sites (N-methyl/N-ethyl adjacent to an activating group) is 2. The third-order valence-electron chi connectivity index (χ3n) is 23.3. The Labute approximate surface area is 741 Å².